The normalized spacial score (nSPS) is 12.0. The Bertz CT molecular complexity index is 469. The van der Waals surface area contributed by atoms with Gasteiger partial charge in [0.05, 0.1) is 6.61 Å². The topological polar surface area (TPSA) is 38.3 Å². The standard InChI is InChI=1S/C15H19F2NO2/c1-4-18-15(19)14(5-10(2)3)20-9-11-6-12(16)8-13(17)7-11/h6-8,14H,2,4-5,9H2,1,3H3,(H,18,19). The van der Waals surface area contributed by atoms with E-state index in [9.17, 15) is 13.6 Å². The Morgan fingerprint density at radius 3 is 2.45 bits per heavy atom. The van der Waals surface area contributed by atoms with Crippen molar-refractivity contribution in [2.24, 2.45) is 0 Å². The lowest BCUT2D eigenvalue weighted by Crippen LogP contribution is -2.36. The number of benzene rings is 1. The van der Waals surface area contributed by atoms with Crippen LogP contribution in [0.4, 0.5) is 8.78 Å². The molecule has 0 spiro atoms. The summed E-state index contributed by atoms with van der Waals surface area (Å²) in [5.41, 5.74) is 1.14. The number of carbonyl (C=O) groups excluding carboxylic acids is 1. The number of rotatable bonds is 7. The second-order valence-corrected chi connectivity index (χ2v) is 4.63. The fraction of sp³-hybridized carbons (Fsp3) is 0.400. The van der Waals surface area contributed by atoms with Gasteiger partial charge in [0.25, 0.3) is 0 Å². The van der Waals surface area contributed by atoms with Crippen LogP contribution in [0.2, 0.25) is 0 Å². The second-order valence-electron chi connectivity index (χ2n) is 4.63. The van der Waals surface area contributed by atoms with E-state index >= 15 is 0 Å². The molecule has 1 rings (SSSR count). The van der Waals surface area contributed by atoms with Crippen LogP contribution in [0.5, 0.6) is 0 Å². The first-order valence-electron chi connectivity index (χ1n) is 6.41. The van der Waals surface area contributed by atoms with Crippen molar-refractivity contribution in [3.8, 4) is 0 Å². The maximum atomic E-state index is 13.1. The van der Waals surface area contributed by atoms with Crippen molar-refractivity contribution in [2.45, 2.75) is 33.0 Å². The first-order chi connectivity index (χ1) is 9.42. The SMILES string of the molecule is C=C(C)CC(OCc1cc(F)cc(F)c1)C(=O)NCC. The zero-order chi connectivity index (χ0) is 15.1. The molecule has 0 heterocycles. The molecular weight excluding hydrogens is 264 g/mol. The Balaban J connectivity index is 2.69. The minimum Gasteiger partial charge on any atom is -0.363 e. The van der Waals surface area contributed by atoms with E-state index in [0.717, 1.165) is 11.6 Å². The monoisotopic (exact) mass is 283 g/mol. The highest BCUT2D eigenvalue weighted by Gasteiger charge is 2.18. The lowest BCUT2D eigenvalue weighted by molar-refractivity contribution is -0.133. The van der Waals surface area contributed by atoms with Crippen LogP contribution in [0.25, 0.3) is 0 Å². The van der Waals surface area contributed by atoms with Gasteiger partial charge in [-0.3, -0.25) is 4.79 Å². The van der Waals surface area contributed by atoms with Crippen molar-refractivity contribution < 1.29 is 18.3 Å². The predicted molar refractivity (Wildman–Crippen MR) is 73.0 cm³/mol. The van der Waals surface area contributed by atoms with Gasteiger partial charge in [-0.2, -0.15) is 0 Å². The average Bonchev–Trinajstić information content (AvgIpc) is 2.33. The molecule has 0 saturated carbocycles. The zero-order valence-corrected chi connectivity index (χ0v) is 11.7. The molecule has 1 aromatic carbocycles. The Morgan fingerprint density at radius 1 is 1.35 bits per heavy atom. The molecule has 5 heteroatoms. The van der Waals surface area contributed by atoms with E-state index in [4.69, 9.17) is 4.74 Å². The van der Waals surface area contributed by atoms with Crippen LogP contribution in [-0.4, -0.2) is 18.6 Å². The minimum absolute atomic E-state index is 0.0379. The molecule has 110 valence electrons. The Kier molecular flexibility index (Phi) is 6.31. The van der Waals surface area contributed by atoms with Gasteiger partial charge in [0.1, 0.15) is 17.7 Å². The molecule has 1 N–H and O–H groups in total. The molecule has 0 saturated heterocycles. The fourth-order valence-corrected chi connectivity index (χ4v) is 1.72. The summed E-state index contributed by atoms with van der Waals surface area (Å²) in [6.07, 6.45) is -0.345. The van der Waals surface area contributed by atoms with Crippen LogP contribution in [-0.2, 0) is 16.1 Å². The van der Waals surface area contributed by atoms with Crippen molar-refractivity contribution in [2.75, 3.05) is 6.54 Å². The largest absolute Gasteiger partial charge is 0.363 e. The van der Waals surface area contributed by atoms with E-state index in [1.165, 1.54) is 12.1 Å². The summed E-state index contributed by atoms with van der Waals surface area (Å²) in [5.74, 6) is -1.59. The smallest absolute Gasteiger partial charge is 0.249 e. The number of amides is 1. The molecule has 1 atom stereocenters. The van der Waals surface area contributed by atoms with Crippen LogP contribution in [0, 0.1) is 11.6 Å². The number of nitrogens with one attached hydrogen (secondary N) is 1. The maximum absolute atomic E-state index is 13.1. The number of halogens is 2. The summed E-state index contributed by atoms with van der Waals surface area (Å²) in [7, 11) is 0. The molecule has 3 nitrogen and oxygen atoms in total. The molecule has 0 aliphatic carbocycles. The highest BCUT2D eigenvalue weighted by Crippen LogP contribution is 2.13. The van der Waals surface area contributed by atoms with E-state index in [1.54, 1.807) is 13.8 Å². The molecule has 1 unspecified atom stereocenters. The number of hydrogen-bond donors (Lipinski definition) is 1. The van der Waals surface area contributed by atoms with Crippen LogP contribution in [0.15, 0.2) is 30.4 Å². The van der Waals surface area contributed by atoms with E-state index in [1.807, 2.05) is 0 Å². The third-order valence-corrected chi connectivity index (χ3v) is 2.55. The predicted octanol–water partition coefficient (Wildman–Crippen LogP) is 2.95. The molecule has 1 aromatic rings. The van der Waals surface area contributed by atoms with E-state index < -0.39 is 17.7 Å². The minimum atomic E-state index is -0.709. The summed E-state index contributed by atoms with van der Waals surface area (Å²) >= 11 is 0. The third-order valence-electron chi connectivity index (χ3n) is 2.55. The number of carbonyl (C=O) groups is 1. The lowest BCUT2D eigenvalue weighted by Gasteiger charge is -2.17. The highest BCUT2D eigenvalue weighted by molar-refractivity contribution is 5.81. The Morgan fingerprint density at radius 2 is 1.95 bits per heavy atom. The second kappa shape index (κ2) is 7.75. The summed E-state index contributed by atoms with van der Waals surface area (Å²) in [6, 6.07) is 3.15. The van der Waals surface area contributed by atoms with Crippen LogP contribution in [0.1, 0.15) is 25.8 Å². The van der Waals surface area contributed by atoms with Gasteiger partial charge in [-0.1, -0.05) is 5.57 Å². The van der Waals surface area contributed by atoms with Crippen molar-refractivity contribution in [1.82, 2.24) is 5.32 Å². The molecule has 1 amide bonds. The first kappa shape index (κ1) is 16.3. The first-order valence-corrected chi connectivity index (χ1v) is 6.41. The Labute approximate surface area is 117 Å². The van der Waals surface area contributed by atoms with Crippen LogP contribution < -0.4 is 5.32 Å². The molecule has 20 heavy (non-hydrogen) atoms. The van der Waals surface area contributed by atoms with Crippen LogP contribution >= 0.6 is 0 Å². The molecular formula is C15H19F2NO2. The number of ether oxygens (including phenoxy) is 1. The number of hydrogen-bond acceptors (Lipinski definition) is 2. The van der Waals surface area contributed by atoms with Gasteiger partial charge in [-0.15, -0.1) is 6.58 Å². The van der Waals surface area contributed by atoms with Crippen molar-refractivity contribution in [3.63, 3.8) is 0 Å². The van der Waals surface area contributed by atoms with Gasteiger partial charge in [-0.25, -0.2) is 8.78 Å². The van der Waals surface area contributed by atoms with Gasteiger partial charge in [0.15, 0.2) is 0 Å². The molecule has 0 radical (unpaired) electrons. The van der Waals surface area contributed by atoms with E-state index in [-0.39, 0.29) is 12.5 Å². The van der Waals surface area contributed by atoms with Gasteiger partial charge < -0.3 is 10.1 Å². The van der Waals surface area contributed by atoms with Gasteiger partial charge in [0, 0.05) is 19.0 Å². The molecule has 0 bridgehead atoms. The average molecular weight is 283 g/mol. The van der Waals surface area contributed by atoms with Crippen molar-refractivity contribution in [1.29, 1.82) is 0 Å². The van der Waals surface area contributed by atoms with Crippen molar-refractivity contribution in [3.05, 3.63) is 47.5 Å². The number of likely N-dealkylation sites (N-methyl/N-ethyl adjacent to an activating group) is 1. The van der Waals surface area contributed by atoms with E-state index in [0.29, 0.717) is 18.5 Å². The molecule has 0 aliphatic rings. The summed E-state index contributed by atoms with van der Waals surface area (Å²) < 4.78 is 31.6. The van der Waals surface area contributed by atoms with Gasteiger partial charge in [0.2, 0.25) is 5.91 Å². The fourth-order valence-electron chi connectivity index (χ4n) is 1.72. The highest BCUT2D eigenvalue weighted by atomic mass is 19.1. The van der Waals surface area contributed by atoms with Gasteiger partial charge in [-0.05, 0) is 31.5 Å². The van der Waals surface area contributed by atoms with E-state index in [2.05, 4.69) is 11.9 Å². The third kappa shape index (κ3) is 5.48. The molecule has 0 aliphatic heterocycles. The molecule has 0 fully saturated rings. The molecule has 0 aromatic heterocycles. The van der Waals surface area contributed by atoms with Gasteiger partial charge >= 0.3 is 0 Å². The summed E-state index contributed by atoms with van der Waals surface area (Å²) in [6.45, 7) is 7.78. The summed E-state index contributed by atoms with van der Waals surface area (Å²) in [4.78, 5) is 11.8. The van der Waals surface area contributed by atoms with Crippen LogP contribution in [0.3, 0.4) is 0 Å². The Hall–Kier alpha value is -1.75. The lowest BCUT2D eigenvalue weighted by atomic mass is 10.1. The maximum Gasteiger partial charge on any atom is 0.249 e. The summed E-state index contributed by atoms with van der Waals surface area (Å²) in [5, 5.41) is 2.66. The zero-order valence-electron chi connectivity index (χ0n) is 11.7. The quantitative estimate of drug-likeness (QED) is 0.781. The van der Waals surface area contributed by atoms with Crippen molar-refractivity contribution >= 4 is 5.91 Å².